The van der Waals surface area contributed by atoms with Gasteiger partial charge in [0.15, 0.2) is 0 Å². The van der Waals surface area contributed by atoms with Gasteiger partial charge in [-0.1, -0.05) is 0 Å². The van der Waals surface area contributed by atoms with Crippen LogP contribution < -0.4 is 4.74 Å². The summed E-state index contributed by atoms with van der Waals surface area (Å²) in [5, 5.41) is 1.16. The summed E-state index contributed by atoms with van der Waals surface area (Å²) >= 11 is 0. The van der Waals surface area contributed by atoms with Crippen LogP contribution in [0.5, 0.6) is 5.75 Å². The van der Waals surface area contributed by atoms with Crippen LogP contribution in [0, 0.1) is 6.92 Å². The second-order valence-corrected chi connectivity index (χ2v) is 5.72. The maximum Gasteiger partial charge on any atom is 0.132 e. The molecule has 92 valence electrons. The summed E-state index contributed by atoms with van der Waals surface area (Å²) in [5.74, 6) is 0.947. The molecule has 0 N–H and O–H groups in total. The highest BCUT2D eigenvalue weighted by atomic mass is 16.6. The van der Waals surface area contributed by atoms with E-state index in [4.69, 9.17) is 9.47 Å². The van der Waals surface area contributed by atoms with Gasteiger partial charge < -0.3 is 9.47 Å². The molecule has 3 nitrogen and oxygen atoms in total. The molecule has 0 radical (unpaired) electrons. The van der Waals surface area contributed by atoms with Crippen molar-refractivity contribution in [2.45, 2.75) is 38.6 Å². The number of hydrogen-bond donors (Lipinski definition) is 0. The number of fused-ring (bicyclic) bond motifs is 4. The highest BCUT2D eigenvalue weighted by Crippen LogP contribution is 2.54. The van der Waals surface area contributed by atoms with Crippen LogP contribution >= 0.6 is 0 Å². The van der Waals surface area contributed by atoms with Crippen molar-refractivity contribution < 1.29 is 9.47 Å². The van der Waals surface area contributed by atoms with E-state index >= 15 is 0 Å². The van der Waals surface area contributed by atoms with Crippen LogP contribution in [0.4, 0.5) is 0 Å². The molecule has 1 saturated heterocycles. The van der Waals surface area contributed by atoms with E-state index < -0.39 is 0 Å². The average molecular weight is 241 g/mol. The van der Waals surface area contributed by atoms with E-state index in [-0.39, 0.29) is 17.8 Å². The van der Waals surface area contributed by atoms with Crippen molar-refractivity contribution in [3.05, 3.63) is 35.5 Å². The molecule has 2 aromatic rings. The topological polar surface area (TPSA) is 34.6 Å². The summed E-state index contributed by atoms with van der Waals surface area (Å²) in [6.07, 6.45) is 2.23. The Bertz CT molecular complexity index is 663. The molecule has 2 atom stereocenters. The Balaban J connectivity index is 1.98. The molecule has 3 heterocycles. The average Bonchev–Trinajstić information content (AvgIpc) is 3.09. The molecule has 3 heteroatoms. The van der Waals surface area contributed by atoms with Gasteiger partial charge in [0, 0.05) is 17.1 Å². The minimum Gasteiger partial charge on any atom is -0.485 e. The second-order valence-electron chi connectivity index (χ2n) is 5.72. The summed E-state index contributed by atoms with van der Waals surface area (Å²) in [6.45, 7) is 6.27. The van der Waals surface area contributed by atoms with E-state index in [2.05, 4.69) is 37.9 Å². The Kier molecular flexibility index (Phi) is 1.74. The van der Waals surface area contributed by atoms with E-state index in [1.807, 2.05) is 12.3 Å². The third-order valence-electron chi connectivity index (χ3n) is 3.95. The third kappa shape index (κ3) is 1.25. The normalized spacial score (nSPS) is 27.3. The molecule has 0 aliphatic carbocycles. The van der Waals surface area contributed by atoms with E-state index in [9.17, 15) is 0 Å². The van der Waals surface area contributed by atoms with Crippen molar-refractivity contribution in [1.82, 2.24) is 4.98 Å². The first-order valence-electron chi connectivity index (χ1n) is 6.30. The molecular formula is C15H15NO2. The predicted molar refractivity (Wildman–Crippen MR) is 68.8 cm³/mol. The number of pyridine rings is 1. The molecular weight excluding hydrogens is 226 g/mol. The van der Waals surface area contributed by atoms with Crippen molar-refractivity contribution in [2.24, 2.45) is 0 Å². The molecule has 0 bridgehead atoms. The zero-order valence-electron chi connectivity index (χ0n) is 10.7. The van der Waals surface area contributed by atoms with E-state index in [1.54, 1.807) is 0 Å². The Labute approximate surface area is 106 Å². The highest BCUT2D eigenvalue weighted by molar-refractivity contribution is 5.84. The predicted octanol–water partition coefficient (Wildman–Crippen LogP) is 3.15. The van der Waals surface area contributed by atoms with Crippen molar-refractivity contribution in [3.63, 3.8) is 0 Å². The second kappa shape index (κ2) is 3.04. The van der Waals surface area contributed by atoms with Crippen molar-refractivity contribution in [3.8, 4) is 5.75 Å². The lowest BCUT2D eigenvalue weighted by Gasteiger charge is -2.29. The Morgan fingerprint density at radius 2 is 2.11 bits per heavy atom. The van der Waals surface area contributed by atoms with Crippen molar-refractivity contribution >= 4 is 10.9 Å². The third-order valence-corrected chi connectivity index (χ3v) is 3.95. The standard InChI is InChI=1S/C15H15NO2/c1-8-4-5-16-11-6-10-12(7-9(8)11)18-15(2,3)14-13(10)17-14/h4-7,13-14H,1-3H3. The van der Waals surface area contributed by atoms with Gasteiger partial charge in [0.1, 0.15) is 23.6 Å². The van der Waals surface area contributed by atoms with Crippen LogP contribution in [0.15, 0.2) is 24.4 Å². The smallest absolute Gasteiger partial charge is 0.132 e. The summed E-state index contributed by atoms with van der Waals surface area (Å²) in [4.78, 5) is 4.43. The summed E-state index contributed by atoms with van der Waals surface area (Å²) in [5.41, 5.74) is 3.15. The lowest BCUT2D eigenvalue weighted by Crippen LogP contribution is -2.37. The summed E-state index contributed by atoms with van der Waals surface area (Å²) in [7, 11) is 0. The number of benzene rings is 1. The number of rotatable bonds is 0. The van der Waals surface area contributed by atoms with Crippen molar-refractivity contribution in [2.75, 3.05) is 0 Å². The van der Waals surface area contributed by atoms with Gasteiger partial charge >= 0.3 is 0 Å². The Morgan fingerprint density at radius 1 is 1.28 bits per heavy atom. The SMILES string of the molecule is Cc1ccnc2cc3c(cc12)OC(C)(C)C1OC31. The van der Waals surface area contributed by atoms with Crippen LogP contribution in [0.1, 0.15) is 31.1 Å². The van der Waals surface area contributed by atoms with E-state index in [0.29, 0.717) is 0 Å². The van der Waals surface area contributed by atoms with E-state index in [1.165, 1.54) is 5.56 Å². The maximum atomic E-state index is 6.08. The number of nitrogens with zero attached hydrogens (tertiary/aromatic N) is 1. The first-order chi connectivity index (χ1) is 8.56. The minimum atomic E-state index is -0.235. The largest absolute Gasteiger partial charge is 0.485 e. The van der Waals surface area contributed by atoms with Gasteiger partial charge in [-0.15, -0.1) is 0 Å². The van der Waals surface area contributed by atoms with Gasteiger partial charge in [0.25, 0.3) is 0 Å². The molecule has 0 amide bonds. The molecule has 2 aliphatic heterocycles. The molecule has 2 aliphatic rings. The van der Waals surface area contributed by atoms with Gasteiger partial charge in [0.05, 0.1) is 5.52 Å². The summed E-state index contributed by atoms with van der Waals surface area (Å²) in [6, 6.07) is 6.24. The van der Waals surface area contributed by atoms with Crippen LogP contribution in [0.3, 0.4) is 0 Å². The fraction of sp³-hybridized carbons (Fsp3) is 0.400. The van der Waals surface area contributed by atoms with Crippen LogP contribution in [-0.2, 0) is 4.74 Å². The van der Waals surface area contributed by atoms with Crippen molar-refractivity contribution in [1.29, 1.82) is 0 Å². The molecule has 4 rings (SSSR count). The number of ether oxygens (including phenoxy) is 2. The first kappa shape index (κ1) is 10.3. The molecule has 0 saturated carbocycles. The molecule has 1 aromatic carbocycles. The monoisotopic (exact) mass is 241 g/mol. The minimum absolute atomic E-state index is 0.187. The number of hydrogen-bond acceptors (Lipinski definition) is 3. The molecule has 0 spiro atoms. The van der Waals surface area contributed by atoms with Gasteiger partial charge in [-0.3, -0.25) is 4.98 Å². The fourth-order valence-corrected chi connectivity index (χ4v) is 2.86. The summed E-state index contributed by atoms with van der Waals surface area (Å²) < 4.78 is 11.8. The van der Waals surface area contributed by atoms with Crippen LogP contribution in [0.2, 0.25) is 0 Å². The fourth-order valence-electron chi connectivity index (χ4n) is 2.86. The van der Waals surface area contributed by atoms with Gasteiger partial charge in [-0.2, -0.15) is 0 Å². The lowest BCUT2D eigenvalue weighted by atomic mass is 9.93. The quantitative estimate of drug-likeness (QED) is 0.664. The highest BCUT2D eigenvalue weighted by Gasteiger charge is 2.56. The van der Waals surface area contributed by atoms with Crippen LogP contribution in [0.25, 0.3) is 10.9 Å². The molecule has 1 aromatic heterocycles. The molecule has 2 unspecified atom stereocenters. The van der Waals surface area contributed by atoms with Gasteiger partial charge in [-0.25, -0.2) is 0 Å². The lowest BCUT2D eigenvalue weighted by molar-refractivity contribution is 0.0727. The zero-order chi connectivity index (χ0) is 12.5. The maximum absolute atomic E-state index is 6.08. The Morgan fingerprint density at radius 3 is 2.94 bits per heavy atom. The first-order valence-corrected chi connectivity index (χ1v) is 6.30. The van der Waals surface area contributed by atoms with Gasteiger partial charge in [-0.05, 0) is 44.5 Å². The molecule has 1 fully saturated rings. The van der Waals surface area contributed by atoms with Crippen LogP contribution in [-0.4, -0.2) is 16.7 Å². The number of epoxide rings is 1. The Hall–Kier alpha value is -1.61. The number of aryl methyl sites for hydroxylation is 1. The molecule has 18 heavy (non-hydrogen) atoms. The van der Waals surface area contributed by atoms with Gasteiger partial charge in [0.2, 0.25) is 0 Å². The zero-order valence-corrected chi connectivity index (χ0v) is 10.7. The number of aromatic nitrogens is 1. The van der Waals surface area contributed by atoms with E-state index in [0.717, 1.165) is 22.2 Å².